The highest BCUT2D eigenvalue weighted by Gasteiger charge is 2.48. The van der Waals surface area contributed by atoms with E-state index in [2.05, 4.69) is 18.3 Å². The summed E-state index contributed by atoms with van der Waals surface area (Å²) in [6.45, 7) is 8.41. The number of carboxylic acid groups (broad SMARTS) is 1. The predicted octanol–water partition coefficient (Wildman–Crippen LogP) is 2.96. The van der Waals surface area contributed by atoms with Crippen molar-refractivity contribution in [1.82, 2.24) is 10.2 Å². The van der Waals surface area contributed by atoms with Crippen LogP contribution in [0.3, 0.4) is 0 Å². The first-order chi connectivity index (χ1) is 13.3. The van der Waals surface area contributed by atoms with Crippen LogP contribution in [-0.4, -0.2) is 47.6 Å². The Hall–Kier alpha value is -2.34. The molecule has 2 saturated heterocycles. The van der Waals surface area contributed by atoms with Crippen molar-refractivity contribution in [3.8, 4) is 0 Å². The summed E-state index contributed by atoms with van der Waals surface area (Å²) < 4.78 is 5.79. The molecule has 1 atom stereocenters. The van der Waals surface area contributed by atoms with Gasteiger partial charge in [-0.05, 0) is 75.2 Å². The lowest BCUT2D eigenvalue weighted by Crippen LogP contribution is -2.42. The number of amides is 1. The Kier molecular flexibility index (Phi) is 4.70. The topological polar surface area (TPSA) is 82.8 Å². The number of aryl methyl sites for hydroxylation is 3. The number of carbonyl (C=O) groups is 2. The minimum Gasteiger partial charge on any atom is -0.480 e. The van der Waals surface area contributed by atoms with E-state index in [-0.39, 0.29) is 17.7 Å². The number of nitrogens with one attached hydrogen (secondary N) is 1. The number of piperidine rings is 1. The first-order valence-corrected chi connectivity index (χ1v) is 10.0. The Bertz CT molecular complexity index is 940. The molecule has 0 aliphatic carbocycles. The summed E-state index contributed by atoms with van der Waals surface area (Å²) in [5.74, 6) is -1.02. The summed E-state index contributed by atoms with van der Waals surface area (Å²) in [5.41, 5.74) is 4.93. The molecule has 2 aliphatic heterocycles. The van der Waals surface area contributed by atoms with Crippen LogP contribution in [0.4, 0.5) is 0 Å². The van der Waals surface area contributed by atoms with Crippen molar-refractivity contribution < 1.29 is 19.1 Å². The summed E-state index contributed by atoms with van der Waals surface area (Å²) in [6.07, 6.45) is 4.24. The summed E-state index contributed by atoms with van der Waals surface area (Å²) in [4.78, 5) is 26.6. The Morgan fingerprint density at radius 3 is 2.64 bits per heavy atom. The van der Waals surface area contributed by atoms with Gasteiger partial charge in [-0.25, -0.2) is 4.79 Å². The molecule has 150 valence electrons. The number of rotatable bonds is 3. The van der Waals surface area contributed by atoms with E-state index in [0.29, 0.717) is 13.0 Å². The first kappa shape index (κ1) is 19.0. The van der Waals surface area contributed by atoms with Crippen LogP contribution >= 0.6 is 0 Å². The van der Waals surface area contributed by atoms with Gasteiger partial charge in [-0.1, -0.05) is 6.07 Å². The molecule has 2 aromatic rings. The van der Waals surface area contributed by atoms with Crippen molar-refractivity contribution in [2.45, 2.75) is 52.5 Å². The second-order valence-corrected chi connectivity index (χ2v) is 8.61. The number of carboxylic acids is 1. The molecule has 3 heterocycles. The average molecular weight is 384 g/mol. The Morgan fingerprint density at radius 1 is 1.25 bits per heavy atom. The molecule has 2 N–H and O–H groups in total. The van der Waals surface area contributed by atoms with Gasteiger partial charge in [0, 0.05) is 17.5 Å². The van der Waals surface area contributed by atoms with Crippen LogP contribution in [0, 0.1) is 26.2 Å². The van der Waals surface area contributed by atoms with Crippen molar-refractivity contribution in [1.29, 1.82) is 0 Å². The first-order valence-electron chi connectivity index (χ1n) is 10.0. The third kappa shape index (κ3) is 3.09. The molecular weight excluding hydrogens is 356 g/mol. The van der Waals surface area contributed by atoms with Crippen LogP contribution in [-0.2, 0) is 16.0 Å². The third-order valence-electron chi connectivity index (χ3n) is 6.75. The maximum Gasteiger partial charge on any atom is 0.326 e. The molecule has 0 saturated carbocycles. The number of hydrogen-bond donors (Lipinski definition) is 2. The molecule has 2 aliphatic rings. The number of benzene rings is 1. The van der Waals surface area contributed by atoms with E-state index in [1.165, 1.54) is 0 Å². The number of furan rings is 1. The standard InChI is InChI=1S/C22H28N2O4/c1-13-8-14(2)19-16(11-28-20(19)15(13)3)9-18(25)24-12-22(4-6-23-7-5-22)10-17(24)21(26)27/h8,11,17,23H,4-7,9-10,12H2,1-3H3,(H,26,27). The van der Waals surface area contributed by atoms with Crippen LogP contribution in [0.15, 0.2) is 16.7 Å². The summed E-state index contributed by atoms with van der Waals surface area (Å²) in [7, 11) is 0. The molecule has 6 nitrogen and oxygen atoms in total. The highest BCUT2D eigenvalue weighted by atomic mass is 16.4. The molecule has 1 aromatic carbocycles. The fourth-order valence-electron chi connectivity index (χ4n) is 5.04. The number of carbonyl (C=O) groups excluding carboxylic acids is 1. The Morgan fingerprint density at radius 2 is 1.96 bits per heavy atom. The quantitative estimate of drug-likeness (QED) is 0.850. The third-order valence-corrected chi connectivity index (χ3v) is 6.75. The maximum atomic E-state index is 13.2. The molecule has 0 radical (unpaired) electrons. The van der Waals surface area contributed by atoms with E-state index in [0.717, 1.165) is 59.2 Å². The molecule has 2 fully saturated rings. The van der Waals surface area contributed by atoms with Gasteiger partial charge in [-0.2, -0.15) is 0 Å². The Balaban J connectivity index is 1.62. The lowest BCUT2D eigenvalue weighted by molar-refractivity contribution is -0.147. The molecule has 28 heavy (non-hydrogen) atoms. The van der Waals surface area contributed by atoms with Gasteiger partial charge in [0.05, 0.1) is 12.7 Å². The van der Waals surface area contributed by atoms with Gasteiger partial charge in [0.25, 0.3) is 0 Å². The molecule has 1 spiro atoms. The fraction of sp³-hybridized carbons (Fsp3) is 0.545. The zero-order valence-corrected chi connectivity index (χ0v) is 16.8. The lowest BCUT2D eigenvalue weighted by atomic mass is 9.77. The molecule has 6 heteroatoms. The normalized spacial score (nSPS) is 21.5. The van der Waals surface area contributed by atoms with E-state index in [1.54, 1.807) is 11.2 Å². The predicted molar refractivity (Wildman–Crippen MR) is 106 cm³/mol. The van der Waals surface area contributed by atoms with Gasteiger partial charge >= 0.3 is 5.97 Å². The van der Waals surface area contributed by atoms with Crippen molar-refractivity contribution in [2.24, 2.45) is 5.41 Å². The number of likely N-dealkylation sites (tertiary alicyclic amines) is 1. The summed E-state index contributed by atoms with van der Waals surface area (Å²) in [5, 5.41) is 14.0. The highest BCUT2D eigenvalue weighted by Crippen LogP contribution is 2.42. The van der Waals surface area contributed by atoms with Crippen LogP contribution < -0.4 is 5.32 Å². The van der Waals surface area contributed by atoms with Crippen LogP contribution in [0.2, 0.25) is 0 Å². The molecule has 1 unspecified atom stereocenters. The largest absolute Gasteiger partial charge is 0.480 e. The smallest absolute Gasteiger partial charge is 0.326 e. The van der Waals surface area contributed by atoms with E-state index in [1.807, 2.05) is 13.8 Å². The molecule has 4 rings (SSSR count). The van der Waals surface area contributed by atoms with Crippen LogP contribution in [0.5, 0.6) is 0 Å². The summed E-state index contributed by atoms with van der Waals surface area (Å²) in [6, 6.07) is 1.38. The SMILES string of the molecule is Cc1cc(C)c2c(CC(=O)N3CC4(CCNCC4)CC3C(=O)O)coc2c1C. The van der Waals surface area contributed by atoms with Crippen LogP contribution in [0.1, 0.15) is 41.5 Å². The zero-order chi connectivity index (χ0) is 20.1. The number of hydrogen-bond acceptors (Lipinski definition) is 4. The molecule has 1 amide bonds. The highest BCUT2D eigenvalue weighted by molar-refractivity contribution is 5.93. The number of nitrogens with zero attached hydrogens (tertiary/aromatic N) is 1. The van der Waals surface area contributed by atoms with Gasteiger partial charge in [0.15, 0.2) is 0 Å². The van der Waals surface area contributed by atoms with Crippen LogP contribution in [0.25, 0.3) is 11.0 Å². The van der Waals surface area contributed by atoms with Crippen molar-refractivity contribution in [3.05, 3.63) is 34.6 Å². The van der Waals surface area contributed by atoms with E-state index >= 15 is 0 Å². The van der Waals surface area contributed by atoms with Gasteiger partial charge in [0.2, 0.25) is 5.91 Å². The second kappa shape index (κ2) is 6.92. The monoisotopic (exact) mass is 384 g/mol. The molecule has 1 aromatic heterocycles. The number of fused-ring (bicyclic) bond motifs is 1. The Labute approximate surface area is 164 Å². The van der Waals surface area contributed by atoms with Crippen molar-refractivity contribution in [3.63, 3.8) is 0 Å². The summed E-state index contributed by atoms with van der Waals surface area (Å²) >= 11 is 0. The molecular formula is C22H28N2O4. The van der Waals surface area contributed by atoms with E-state index in [9.17, 15) is 14.7 Å². The van der Waals surface area contributed by atoms with Crippen molar-refractivity contribution >= 4 is 22.8 Å². The average Bonchev–Trinajstić information content (AvgIpc) is 3.23. The molecule has 0 bridgehead atoms. The zero-order valence-electron chi connectivity index (χ0n) is 16.8. The number of aliphatic carboxylic acids is 1. The van der Waals surface area contributed by atoms with Gasteiger partial charge in [-0.15, -0.1) is 0 Å². The van der Waals surface area contributed by atoms with Crippen molar-refractivity contribution in [2.75, 3.05) is 19.6 Å². The maximum absolute atomic E-state index is 13.2. The van der Waals surface area contributed by atoms with E-state index in [4.69, 9.17) is 4.42 Å². The fourth-order valence-corrected chi connectivity index (χ4v) is 5.04. The van der Waals surface area contributed by atoms with E-state index < -0.39 is 12.0 Å². The van der Waals surface area contributed by atoms with Gasteiger partial charge < -0.3 is 19.7 Å². The van der Waals surface area contributed by atoms with Gasteiger partial charge in [-0.3, -0.25) is 4.79 Å². The minimum atomic E-state index is -0.900. The second-order valence-electron chi connectivity index (χ2n) is 8.61. The lowest BCUT2D eigenvalue weighted by Gasteiger charge is -2.33. The minimum absolute atomic E-state index is 0.0634. The van der Waals surface area contributed by atoms with Gasteiger partial charge in [0.1, 0.15) is 11.6 Å².